The van der Waals surface area contributed by atoms with Gasteiger partial charge in [-0.15, -0.1) is 0 Å². The van der Waals surface area contributed by atoms with Crippen LogP contribution in [0.1, 0.15) is 5.56 Å². The van der Waals surface area contributed by atoms with Gasteiger partial charge in [-0.3, -0.25) is 0 Å². The highest BCUT2D eigenvalue weighted by Crippen LogP contribution is 2.15. The van der Waals surface area contributed by atoms with Crippen LogP contribution in [-0.2, 0) is 6.54 Å². The number of halogens is 1. The molecule has 1 heterocycles. The van der Waals surface area contributed by atoms with E-state index in [9.17, 15) is 0 Å². The summed E-state index contributed by atoms with van der Waals surface area (Å²) in [5.74, 6) is 0.833. The molecule has 82 valence electrons. The summed E-state index contributed by atoms with van der Waals surface area (Å²) in [4.78, 5) is 6.87. The molecule has 0 aliphatic carbocycles. The molecule has 0 amide bonds. The fourth-order valence-corrected chi connectivity index (χ4v) is 1.68. The maximum atomic E-state index is 6.04. The molecule has 1 aromatic heterocycles. The van der Waals surface area contributed by atoms with Crippen LogP contribution in [0.25, 0.3) is 0 Å². The molecule has 0 aliphatic heterocycles. The van der Waals surface area contributed by atoms with Crippen molar-refractivity contribution in [3.05, 3.63) is 51.9 Å². The van der Waals surface area contributed by atoms with Gasteiger partial charge in [-0.05, 0) is 11.6 Å². The van der Waals surface area contributed by atoms with Crippen LogP contribution in [0.5, 0.6) is 0 Å². The summed E-state index contributed by atoms with van der Waals surface area (Å²) in [5.41, 5.74) is 1.04. The lowest BCUT2D eigenvalue weighted by atomic mass is 10.2. The molecule has 1 aromatic carbocycles. The highest BCUT2D eigenvalue weighted by molar-refractivity contribution is 7.71. The number of hydrogen-bond acceptors (Lipinski definition) is 3. The zero-order chi connectivity index (χ0) is 11.4. The number of rotatable bonds is 3. The van der Waals surface area contributed by atoms with Crippen molar-refractivity contribution in [2.75, 3.05) is 5.32 Å². The van der Waals surface area contributed by atoms with Crippen LogP contribution in [0.2, 0.25) is 5.02 Å². The predicted molar refractivity (Wildman–Crippen MR) is 68.2 cm³/mol. The Kier molecular flexibility index (Phi) is 3.54. The summed E-state index contributed by atoms with van der Waals surface area (Å²) in [6.45, 7) is 0.648. The molecule has 3 nitrogen and oxygen atoms in total. The van der Waals surface area contributed by atoms with Gasteiger partial charge in [0.15, 0.2) is 0 Å². The van der Waals surface area contributed by atoms with E-state index in [4.69, 9.17) is 23.8 Å². The summed E-state index contributed by atoms with van der Waals surface area (Å²) in [5, 5.41) is 3.95. The van der Waals surface area contributed by atoms with Gasteiger partial charge < -0.3 is 10.3 Å². The molecule has 0 unspecified atom stereocenters. The number of benzene rings is 1. The van der Waals surface area contributed by atoms with Crippen LogP contribution in [0.15, 0.2) is 36.7 Å². The largest absolute Gasteiger partial charge is 0.367 e. The van der Waals surface area contributed by atoms with Crippen molar-refractivity contribution in [1.82, 2.24) is 9.97 Å². The third-order valence-electron chi connectivity index (χ3n) is 2.11. The van der Waals surface area contributed by atoms with Gasteiger partial charge in [-0.1, -0.05) is 42.0 Å². The van der Waals surface area contributed by atoms with Crippen LogP contribution >= 0.6 is 23.8 Å². The number of H-pyrrole nitrogens is 1. The second kappa shape index (κ2) is 5.09. The van der Waals surface area contributed by atoms with Gasteiger partial charge >= 0.3 is 0 Å². The molecular weight excluding hydrogens is 242 g/mol. The Bertz CT molecular complexity index is 539. The number of hydrogen-bond donors (Lipinski definition) is 2. The van der Waals surface area contributed by atoms with E-state index in [-0.39, 0.29) is 0 Å². The van der Waals surface area contributed by atoms with E-state index in [1.807, 2.05) is 24.3 Å². The Morgan fingerprint density at radius 2 is 2.19 bits per heavy atom. The molecule has 0 fully saturated rings. The quantitative estimate of drug-likeness (QED) is 0.822. The standard InChI is InChI=1S/C11H10ClN3S/c12-9-4-2-1-3-8(9)6-13-10-5-11(16)15-7-14-10/h1-5,7H,6H2,(H2,13,14,15,16). The van der Waals surface area contributed by atoms with Gasteiger partial charge in [0.2, 0.25) is 0 Å². The number of aromatic nitrogens is 2. The fraction of sp³-hybridized carbons (Fsp3) is 0.0909. The van der Waals surface area contributed by atoms with Gasteiger partial charge in [0.05, 0.1) is 6.33 Å². The molecule has 5 heteroatoms. The Hall–Kier alpha value is -1.39. The second-order valence-corrected chi connectivity index (χ2v) is 4.07. The van der Waals surface area contributed by atoms with Gasteiger partial charge in [0.25, 0.3) is 0 Å². The van der Waals surface area contributed by atoms with Gasteiger partial charge in [-0.25, -0.2) is 4.98 Å². The lowest BCUT2D eigenvalue weighted by molar-refractivity contribution is 1.07. The summed E-state index contributed by atoms with van der Waals surface area (Å²) in [6.07, 6.45) is 1.57. The average Bonchev–Trinajstić information content (AvgIpc) is 2.28. The van der Waals surface area contributed by atoms with Crippen LogP contribution in [0, 0.1) is 4.64 Å². The Morgan fingerprint density at radius 3 is 2.94 bits per heavy atom. The monoisotopic (exact) mass is 251 g/mol. The van der Waals surface area contributed by atoms with Crippen LogP contribution in [0.4, 0.5) is 5.82 Å². The molecule has 2 N–H and O–H groups in total. The lowest BCUT2D eigenvalue weighted by Crippen LogP contribution is -2.01. The lowest BCUT2D eigenvalue weighted by Gasteiger charge is -2.07. The van der Waals surface area contributed by atoms with Gasteiger partial charge in [-0.2, -0.15) is 0 Å². The first kappa shape index (κ1) is 11.1. The number of anilines is 1. The van der Waals surface area contributed by atoms with E-state index in [1.165, 1.54) is 0 Å². The van der Waals surface area contributed by atoms with Crippen molar-refractivity contribution >= 4 is 29.6 Å². The molecular formula is C11H10ClN3S. The molecule has 0 radical (unpaired) electrons. The van der Waals surface area contributed by atoms with Crippen LogP contribution < -0.4 is 5.32 Å². The van der Waals surface area contributed by atoms with Gasteiger partial charge in [0, 0.05) is 17.6 Å². The Labute approximate surface area is 104 Å². The third-order valence-corrected chi connectivity index (χ3v) is 2.70. The molecule has 0 saturated carbocycles. The van der Waals surface area contributed by atoms with Crippen molar-refractivity contribution in [3.63, 3.8) is 0 Å². The van der Waals surface area contributed by atoms with E-state index >= 15 is 0 Å². The Morgan fingerprint density at radius 1 is 1.38 bits per heavy atom. The predicted octanol–water partition coefficient (Wildman–Crippen LogP) is 3.40. The minimum atomic E-state index is 0.556. The number of nitrogens with one attached hydrogen (secondary N) is 2. The number of aromatic amines is 1. The normalized spacial score (nSPS) is 10.1. The molecule has 2 aromatic rings. The van der Waals surface area contributed by atoms with E-state index in [2.05, 4.69) is 15.3 Å². The van der Waals surface area contributed by atoms with Crippen LogP contribution in [0.3, 0.4) is 0 Å². The first-order valence-electron chi connectivity index (χ1n) is 4.78. The smallest absolute Gasteiger partial charge is 0.131 e. The first-order chi connectivity index (χ1) is 7.75. The van der Waals surface area contributed by atoms with Crippen molar-refractivity contribution in [2.45, 2.75) is 6.54 Å². The minimum absolute atomic E-state index is 0.556. The van der Waals surface area contributed by atoms with Crippen molar-refractivity contribution < 1.29 is 0 Å². The van der Waals surface area contributed by atoms with E-state index in [0.717, 1.165) is 16.4 Å². The highest BCUT2D eigenvalue weighted by Gasteiger charge is 1.98. The molecule has 16 heavy (non-hydrogen) atoms. The topological polar surface area (TPSA) is 40.7 Å². The van der Waals surface area contributed by atoms with E-state index in [1.54, 1.807) is 12.4 Å². The molecule has 0 bridgehead atoms. The fourth-order valence-electron chi connectivity index (χ4n) is 1.30. The maximum absolute atomic E-state index is 6.04. The maximum Gasteiger partial charge on any atom is 0.131 e. The van der Waals surface area contributed by atoms with Crippen molar-refractivity contribution in [3.8, 4) is 0 Å². The SMILES string of the molecule is S=c1cc(NCc2ccccc2Cl)[nH]cn1. The molecule has 2 rings (SSSR count). The second-order valence-electron chi connectivity index (χ2n) is 3.24. The van der Waals surface area contributed by atoms with E-state index in [0.29, 0.717) is 11.2 Å². The summed E-state index contributed by atoms with van der Waals surface area (Å²) in [6, 6.07) is 9.48. The van der Waals surface area contributed by atoms with Crippen molar-refractivity contribution in [2.24, 2.45) is 0 Å². The van der Waals surface area contributed by atoms with Crippen LogP contribution in [-0.4, -0.2) is 9.97 Å². The average molecular weight is 252 g/mol. The molecule has 0 spiro atoms. The minimum Gasteiger partial charge on any atom is -0.367 e. The molecule has 0 aliphatic rings. The molecule has 0 atom stereocenters. The molecule has 0 saturated heterocycles. The summed E-state index contributed by atoms with van der Waals surface area (Å²) < 4.78 is 0.556. The first-order valence-corrected chi connectivity index (χ1v) is 5.56. The number of nitrogens with zero attached hydrogens (tertiary/aromatic N) is 1. The summed E-state index contributed by atoms with van der Waals surface area (Å²) in [7, 11) is 0. The zero-order valence-electron chi connectivity index (χ0n) is 8.40. The zero-order valence-corrected chi connectivity index (χ0v) is 9.98. The van der Waals surface area contributed by atoms with E-state index < -0.39 is 0 Å². The summed E-state index contributed by atoms with van der Waals surface area (Å²) >= 11 is 11.0. The van der Waals surface area contributed by atoms with Gasteiger partial charge in [0.1, 0.15) is 10.5 Å². The Balaban J connectivity index is 2.08. The third kappa shape index (κ3) is 2.81. The van der Waals surface area contributed by atoms with Crippen molar-refractivity contribution in [1.29, 1.82) is 0 Å². The highest BCUT2D eigenvalue weighted by atomic mass is 35.5.